The maximum Gasteiger partial charge on any atom is 0.241 e. The highest BCUT2D eigenvalue weighted by molar-refractivity contribution is 5.89. The fraction of sp³-hybridized carbons (Fsp3) is 0.941. The SMILES string of the molecule is CCCN1CCC(NC(=O)C2(N)CC(OCC)C2(C)C)CC1. The minimum atomic E-state index is -0.798. The van der Waals surface area contributed by atoms with Crippen molar-refractivity contribution in [2.75, 3.05) is 26.2 Å². The molecule has 22 heavy (non-hydrogen) atoms. The van der Waals surface area contributed by atoms with Gasteiger partial charge in [-0.1, -0.05) is 20.8 Å². The van der Waals surface area contributed by atoms with E-state index in [1.54, 1.807) is 0 Å². The molecular formula is C17H33N3O2. The van der Waals surface area contributed by atoms with E-state index >= 15 is 0 Å². The highest BCUT2D eigenvalue weighted by Gasteiger charge is 2.63. The molecule has 5 heteroatoms. The van der Waals surface area contributed by atoms with Crippen LogP contribution in [0.2, 0.25) is 0 Å². The zero-order chi connectivity index (χ0) is 16.4. The second-order valence-corrected chi connectivity index (χ2v) is 7.43. The van der Waals surface area contributed by atoms with Gasteiger partial charge >= 0.3 is 0 Å². The van der Waals surface area contributed by atoms with E-state index in [0.29, 0.717) is 13.0 Å². The lowest BCUT2D eigenvalue weighted by atomic mass is 9.54. The molecule has 0 radical (unpaired) electrons. The topological polar surface area (TPSA) is 67.6 Å². The molecule has 1 saturated heterocycles. The standard InChI is InChI=1S/C17H33N3O2/c1-5-9-20-10-7-13(8-11-20)19-15(21)17(18)12-14(22-6-2)16(17,3)4/h13-14H,5-12,18H2,1-4H3,(H,19,21). The molecule has 1 aliphatic heterocycles. The Hall–Kier alpha value is -0.650. The quantitative estimate of drug-likeness (QED) is 0.780. The van der Waals surface area contributed by atoms with Gasteiger partial charge in [-0.15, -0.1) is 0 Å². The predicted octanol–water partition coefficient (Wildman–Crippen LogP) is 1.51. The van der Waals surface area contributed by atoms with Gasteiger partial charge < -0.3 is 20.7 Å². The molecule has 1 aliphatic carbocycles. The van der Waals surface area contributed by atoms with Gasteiger partial charge in [0.05, 0.1) is 6.10 Å². The van der Waals surface area contributed by atoms with Crippen LogP contribution in [0.15, 0.2) is 0 Å². The summed E-state index contributed by atoms with van der Waals surface area (Å²) in [5, 5.41) is 3.20. The lowest BCUT2D eigenvalue weighted by Crippen LogP contribution is -2.76. The first-order valence-corrected chi connectivity index (χ1v) is 8.79. The summed E-state index contributed by atoms with van der Waals surface area (Å²) >= 11 is 0. The molecule has 0 spiro atoms. The predicted molar refractivity (Wildman–Crippen MR) is 88.6 cm³/mol. The number of nitrogens with zero attached hydrogens (tertiary/aromatic N) is 1. The molecule has 0 bridgehead atoms. The van der Waals surface area contributed by atoms with Crippen LogP contribution < -0.4 is 11.1 Å². The molecule has 5 nitrogen and oxygen atoms in total. The van der Waals surface area contributed by atoms with Crippen molar-refractivity contribution in [1.29, 1.82) is 0 Å². The Balaban J connectivity index is 1.85. The monoisotopic (exact) mass is 311 g/mol. The molecule has 2 aliphatic rings. The third kappa shape index (κ3) is 3.17. The van der Waals surface area contributed by atoms with Crippen LogP contribution >= 0.6 is 0 Å². The number of nitrogens with two attached hydrogens (primary N) is 1. The van der Waals surface area contributed by atoms with E-state index in [1.165, 1.54) is 6.42 Å². The van der Waals surface area contributed by atoms with E-state index in [2.05, 4.69) is 17.1 Å². The first-order valence-electron chi connectivity index (χ1n) is 8.79. The molecule has 0 aromatic rings. The highest BCUT2D eigenvalue weighted by Crippen LogP contribution is 2.49. The maximum atomic E-state index is 12.7. The zero-order valence-electron chi connectivity index (χ0n) is 14.7. The van der Waals surface area contributed by atoms with Crippen LogP contribution in [0, 0.1) is 5.41 Å². The van der Waals surface area contributed by atoms with E-state index < -0.39 is 5.54 Å². The Morgan fingerprint density at radius 3 is 2.45 bits per heavy atom. The first kappa shape index (κ1) is 17.7. The molecule has 1 saturated carbocycles. The third-order valence-corrected chi connectivity index (χ3v) is 5.70. The summed E-state index contributed by atoms with van der Waals surface area (Å²) in [7, 11) is 0. The second-order valence-electron chi connectivity index (χ2n) is 7.43. The molecule has 3 N–H and O–H groups in total. The van der Waals surface area contributed by atoms with Gasteiger partial charge in [0.2, 0.25) is 5.91 Å². The number of rotatable bonds is 6. The maximum absolute atomic E-state index is 12.7. The van der Waals surface area contributed by atoms with E-state index in [1.807, 2.05) is 20.8 Å². The number of amides is 1. The summed E-state index contributed by atoms with van der Waals surface area (Å²) in [5.41, 5.74) is 5.33. The summed E-state index contributed by atoms with van der Waals surface area (Å²) < 4.78 is 5.70. The van der Waals surface area contributed by atoms with Crippen LogP contribution in [0.5, 0.6) is 0 Å². The van der Waals surface area contributed by atoms with Crippen LogP contribution in [0.25, 0.3) is 0 Å². The minimum Gasteiger partial charge on any atom is -0.378 e. The average Bonchev–Trinajstić information content (AvgIpc) is 2.49. The second kappa shape index (κ2) is 6.85. The smallest absolute Gasteiger partial charge is 0.241 e. The van der Waals surface area contributed by atoms with Gasteiger partial charge in [0.25, 0.3) is 0 Å². The third-order valence-electron chi connectivity index (χ3n) is 5.70. The van der Waals surface area contributed by atoms with E-state index in [4.69, 9.17) is 10.5 Å². The summed E-state index contributed by atoms with van der Waals surface area (Å²) in [6.07, 6.45) is 3.94. The molecule has 128 valence electrons. The summed E-state index contributed by atoms with van der Waals surface area (Å²) in [5.74, 6) is 0.00222. The number of likely N-dealkylation sites (tertiary alicyclic amines) is 1. The number of piperidine rings is 1. The number of carbonyl (C=O) groups is 1. The normalized spacial score (nSPS) is 32.5. The number of hydrogen-bond acceptors (Lipinski definition) is 4. The van der Waals surface area contributed by atoms with Gasteiger partial charge in [-0.05, 0) is 32.7 Å². The van der Waals surface area contributed by atoms with Gasteiger partial charge in [0.15, 0.2) is 0 Å². The van der Waals surface area contributed by atoms with Crippen LogP contribution in [-0.4, -0.2) is 54.7 Å². The van der Waals surface area contributed by atoms with Crippen LogP contribution in [0.1, 0.15) is 53.4 Å². The van der Waals surface area contributed by atoms with Gasteiger partial charge in [-0.3, -0.25) is 4.79 Å². The molecule has 2 unspecified atom stereocenters. The van der Waals surface area contributed by atoms with E-state index in [-0.39, 0.29) is 23.5 Å². The van der Waals surface area contributed by atoms with Gasteiger partial charge in [-0.2, -0.15) is 0 Å². The van der Waals surface area contributed by atoms with Crippen molar-refractivity contribution in [3.8, 4) is 0 Å². The summed E-state index contributed by atoms with van der Waals surface area (Å²) in [6, 6.07) is 0.267. The van der Waals surface area contributed by atoms with Crippen molar-refractivity contribution >= 4 is 5.91 Å². The molecule has 2 atom stereocenters. The van der Waals surface area contributed by atoms with Gasteiger partial charge in [0, 0.05) is 37.6 Å². The molecule has 1 heterocycles. The Labute approximate surface area is 134 Å². The fourth-order valence-electron chi connectivity index (χ4n) is 3.75. The van der Waals surface area contributed by atoms with E-state index in [9.17, 15) is 4.79 Å². The number of hydrogen-bond donors (Lipinski definition) is 2. The summed E-state index contributed by atoms with van der Waals surface area (Å²) in [4.78, 5) is 15.2. The Bertz CT molecular complexity index is 391. The van der Waals surface area contributed by atoms with Crippen molar-refractivity contribution in [2.45, 2.75) is 71.1 Å². The Morgan fingerprint density at radius 1 is 1.32 bits per heavy atom. The number of carbonyl (C=O) groups excluding carboxylic acids is 1. The van der Waals surface area contributed by atoms with Gasteiger partial charge in [0.1, 0.15) is 5.54 Å². The van der Waals surface area contributed by atoms with Crippen LogP contribution in [0.4, 0.5) is 0 Å². The van der Waals surface area contributed by atoms with Crippen LogP contribution in [-0.2, 0) is 9.53 Å². The number of ether oxygens (including phenoxy) is 1. The molecule has 2 rings (SSSR count). The molecule has 1 amide bonds. The lowest BCUT2D eigenvalue weighted by Gasteiger charge is -2.57. The van der Waals surface area contributed by atoms with Crippen molar-refractivity contribution in [3.05, 3.63) is 0 Å². The molecule has 0 aromatic carbocycles. The van der Waals surface area contributed by atoms with Crippen molar-refractivity contribution in [1.82, 2.24) is 10.2 Å². The lowest BCUT2D eigenvalue weighted by molar-refractivity contribution is -0.171. The number of nitrogens with one attached hydrogen (secondary N) is 1. The average molecular weight is 311 g/mol. The van der Waals surface area contributed by atoms with Gasteiger partial charge in [-0.25, -0.2) is 0 Å². The molecule has 0 aromatic heterocycles. The Kier molecular flexibility index (Phi) is 5.51. The zero-order valence-corrected chi connectivity index (χ0v) is 14.7. The Morgan fingerprint density at radius 2 is 1.95 bits per heavy atom. The fourth-order valence-corrected chi connectivity index (χ4v) is 3.75. The van der Waals surface area contributed by atoms with E-state index in [0.717, 1.165) is 32.5 Å². The molecular weight excluding hydrogens is 278 g/mol. The summed E-state index contributed by atoms with van der Waals surface area (Å²) in [6.45, 7) is 12.2. The van der Waals surface area contributed by atoms with Crippen molar-refractivity contribution in [2.24, 2.45) is 11.1 Å². The highest BCUT2D eigenvalue weighted by atomic mass is 16.5. The van der Waals surface area contributed by atoms with Crippen molar-refractivity contribution < 1.29 is 9.53 Å². The first-order chi connectivity index (χ1) is 10.3. The van der Waals surface area contributed by atoms with Crippen molar-refractivity contribution in [3.63, 3.8) is 0 Å². The van der Waals surface area contributed by atoms with Crippen LogP contribution in [0.3, 0.4) is 0 Å². The molecule has 2 fully saturated rings. The minimum absolute atomic E-state index is 0.00222. The largest absolute Gasteiger partial charge is 0.378 e.